The van der Waals surface area contributed by atoms with E-state index in [-0.39, 0.29) is 0 Å². The molecule has 0 unspecified atom stereocenters. The Morgan fingerprint density at radius 2 is 1.76 bits per heavy atom. The number of pyridine rings is 1. The minimum Gasteiger partial charge on any atom is -0.464 e. The number of benzene rings is 2. The zero-order chi connectivity index (χ0) is 11.2. The molecule has 0 radical (unpaired) electrons. The van der Waals surface area contributed by atoms with Crippen LogP contribution in [0.4, 0.5) is 0 Å². The molecule has 0 aliphatic heterocycles. The standard InChI is InChI=1S/C15H9NO/c1-2-4-13-10(3-1)9-12-11-7-8-17-15(11)6-5-14(12)16-13/h1-9H. The van der Waals surface area contributed by atoms with Gasteiger partial charge in [-0.25, -0.2) is 4.98 Å². The van der Waals surface area contributed by atoms with E-state index in [1.807, 2.05) is 36.4 Å². The second-order valence-electron chi connectivity index (χ2n) is 4.15. The lowest BCUT2D eigenvalue weighted by molar-refractivity contribution is 0.616. The summed E-state index contributed by atoms with van der Waals surface area (Å²) in [6.07, 6.45) is 1.72. The highest BCUT2D eigenvalue weighted by molar-refractivity contribution is 6.07. The summed E-state index contributed by atoms with van der Waals surface area (Å²) in [6, 6.07) is 16.3. The molecule has 2 aromatic carbocycles. The van der Waals surface area contributed by atoms with E-state index >= 15 is 0 Å². The highest BCUT2D eigenvalue weighted by Gasteiger charge is 2.05. The van der Waals surface area contributed by atoms with Crippen molar-refractivity contribution in [3.05, 3.63) is 54.8 Å². The molecule has 2 nitrogen and oxygen atoms in total. The Hall–Kier alpha value is -2.35. The molecule has 4 aromatic rings. The van der Waals surface area contributed by atoms with E-state index in [0.29, 0.717) is 0 Å². The Bertz CT molecular complexity index is 845. The van der Waals surface area contributed by atoms with Crippen molar-refractivity contribution < 1.29 is 4.42 Å². The number of hydrogen-bond acceptors (Lipinski definition) is 2. The van der Waals surface area contributed by atoms with Crippen LogP contribution in [0.5, 0.6) is 0 Å². The van der Waals surface area contributed by atoms with E-state index < -0.39 is 0 Å². The first-order valence-corrected chi connectivity index (χ1v) is 5.57. The Balaban J connectivity index is 2.29. The van der Waals surface area contributed by atoms with Crippen LogP contribution >= 0.6 is 0 Å². The quantitative estimate of drug-likeness (QED) is 0.415. The monoisotopic (exact) mass is 219 g/mol. The molecule has 0 aliphatic rings. The Morgan fingerprint density at radius 1 is 0.824 bits per heavy atom. The van der Waals surface area contributed by atoms with E-state index in [1.165, 1.54) is 0 Å². The number of aromatic nitrogens is 1. The second-order valence-corrected chi connectivity index (χ2v) is 4.15. The molecule has 0 aliphatic carbocycles. The highest BCUT2D eigenvalue weighted by atomic mass is 16.3. The van der Waals surface area contributed by atoms with Gasteiger partial charge in [0.05, 0.1) is 17.3 Å². The molecule has 0 atom stereocenters. The van der Waals surface area contributed by atoms with Crippen molar-refractivity contribution in [1.82, 2.24) is 4.98 Å². The van der Waals surface area contributed by atoms with Crippen molar-refractivity contribution in [2.45, 2.75) is 0 Å². The third-order valence-electron chi connectivity index (χ3n) is 3.13. The summed E-state index contributed by atoms with van der Waals surface area (Å²) in [5.74, 6) is 0. The van der Waals surface area contributed by atoms with Gasteiger partial charge in [0.25, 0.3) is 0 Å². The summed E-state index contributed by atoms with van der Waals surface area (Å²) in [5.41, 5.74) is 2.95. The number of para-hydroxylation sites is 1. The van der Waals surface area contributed by atoms with Crippen LogP contribution < -0.4 is 0 Å². The molecule has 0 fully saturated rings. The lowest BCUT2D eigenvalue weighted by Crippen LogP contribution is -1.82. The average Bonchev–Trinajstić information content (AvgIpc) is 2.85. The van der Waals surface area contributed by atoms with Gasteiger partial charge in [-0.05, 0) is 30.3 Å². The average molecular weight is 219 g/mol. The van der Waals surface area contributed by atoms with Gasteiger partial charge in [0, 0.05) is 16.2 Å². The normalized spacial score (nSPS) is 11.5. The van der Waals surface area contributed by atoms with Crippen molar-refractivity contribution in [3.63, 3.8) is 0 Å². The van der Waals surface area contributed by atoms with Crippen LogP contribution in [0.25, 0.3) is 32.8 Å². The van der Waals surface area contributed by atoms with Gasteiger partial charge in [-0.15, -0.1) is 0 Å². The minimum absolute atomic E-state index is 0.912. The van der Waals surface area contributed by atoms with Gasteiger partial charge in [0.15, 0.2) is 0 Å². The summed E-state index contributed by atoms with van der Waals surface area (Å²) in [4.78, 5) is 4.67. The van der Waals surface area contributed by atoms with Gasteiger partial charge >= 0.3 is 0 Å². The Kier molecular flexibility index (Phi) is 1.59. The number of furan rings is 1. The van der Waals surface area contributed by atoms with Crippen LogP contribution in [0.2, 0.25) is 0 Å². The summed E-state index contributed by atoms with van der Waals surface area (Å²) in [7, 11) is 0. The van der Waals surface area contributed by atoms with Crippen LogP contribution in [0, 0.1) is 0 Å². The van der Waals surface area contributed by atoms with Crippen molar-refractivity contribution in [2.75, 3.05) is 0 Å². The fourth-order valence-electron chi connectivity index (χ4n) is 2.30. The first-order valence-electron chi connectivity index (χ1n) is 5.57. The van der Waals surface area contributed by atoms with Crippen molar-refractivity contribution >= 4 is 32.8 Å². The molecular weight excluding hydrogens is 210 g/mol. The minimum atomic E-state index is 0.912. The lowest BCUT2D eigenvalue weighted by atomic mass is 10.1. The van der Waals surface area contributed by atoms with Crippen LogP contribution in [0.3, 0.4) is 0 Å². The van der Waals surface area contributed by atoms with Crippen LogP contribution in [-0.4, -0.2) is 4.98 Å². The molecule has 17 heavy (non-hydrogen) atoms. The number of fused-ring (bicyclic) bond motifs is 4. The summed E-state index contributed by atoms with van der Waals surface area (Å²) in [5, 5.41) is 3.43. The van der Waals surface area contributed by atoms with Crippen LogP contribution in [0.15, 0.2) is 59.2 Å². The summed E-state index contributed by atoms with van der Waals surface area (Å²) < 4.78 is 5.41. The number of rotatable bonds is 0. The first kappa shape index (κ1) is 8.76. The second kappa shape index (κ2) is 3.08. The van der Waals surface area contributed by atoms with E-state index in [2.05, 4.69) is 17.1 Å². The Labute approximate surface area is 97.5 Å². The van der Waals surface area contributed by atoms with E-state index in [0.717, 1.165) is 32.8 Å². The van der Waals surface area contributed by atoms with Gasteiger partial charge < -0.3 is 4.42 Å². The van der Waals surface area contributed by atoms with E-state index in [4.69, 9.17) is 4.42 Å². The third-order valence-corrected chi connectivity index (χ3v) is 3.13. The molecule has 0 amide bonds. The smallest absolute Gasteiger partial charge is 0.134 e. The van der Waals surface area contributed by atoms with Gasteiger partial charge in [0.1, 0.15) is 5.58 Å². The van der Waals surface area contributed by atoms with Crippen LogP contribution in [0.1, 0.15) is 0 Å². The number of hydrogen-bond donors (Lipinski definition) is 0. The summed E-state index contributed by atoms with van der Waals surface area (Å²) in [6.45, 7) is 0. The molecule has 0 saturated carbocycles. The highest BCUT2D eigenvalue weighted by Crippen LogP contribution is 2.27. The van der Waals surface area contributed by atoms with E-state index in [1.54, 1.807) is 6.26 Å². The maximum Gasteiger partial charge on any atom is 0.134 e. The third kappa shape index (κ3) is 1.18. The molecule has 2 aromatic heterocycles. The molecule has 2 heterocycles. The van der Waals surface area contributed by atoms with Crippen molar-refractivity contribution in [1.29, 1.82) is 0 Å². The predicted molar refractivity (Wildman–Crippen MR) is 69.0 cm³/mol. The van der Waals surface area contributed by atoms with Gasteiger partial charge in [-0.1, -0.05) is 18.2 Å². The molecule has 4 rings (SSSR count). The molecule has 0 N–H and O–H groups in total. The summed E-state index contributed by atoms with van der Waals surface area (Å²) >= 11 is 0. The molecule has 0 saturated heterocycles. The molecule has 0 bridgehead atoms. The fourth-order valence-corrected chi connectivity index (χ4v) is 2.30. The molecule has 80 valence electrons. The Morgan fingerprint density at radius 3 is 2.76 bits per heavy atom. The fraction of sp³-hybridized carbons (Fsp3) is 0. The molecule has 0 spiro atoms. The zero-order valence-corrected chi connectivity index (χ0v) is 9.05. The lowest BCUT2D eigenvalue weighted by Gasteiger charge is -2.01. The molecular formula is C15H9NO. The van der Waals surface area contributed by atoms with Crippen LogP contribution in [-0.2, 0) is 0 Å². The van der Waals surface area contributed by atoms with E-state index in [9.17, 15) is 0 Å². The SMILES string of the molecule is c1ccc2nc3ccc4occc4c3cc2c1. The maximum atomic E-state index is 5.41. The van der Waals surface area contributed by atoms with Gasteiger partial charge in [0.2, 0.25) is 0 Å². The van der Waals surface area contributed by atoms with Gasteiger partial charge in [-0.2, -0.15) is 0 Å². The van der Waals surface area contributed by atoms with Crippen molar-refractivity contribution in [2.24, 2.45) is 0 Å². The largest absolute Gasteiger partial charge is 0.464 e. The first-order chi connectivity index (χ1) is 8.42. The van der Waals surface area contributed by atoms with Crippen molar-refractivity contribution in [3.8, 4) is 0 Å². The topological polar surface area (TPSA) is 26.0 Å². The predicted octanol–water partition coefficient (Wildman–Crippen LogP) is 4.13. The maximum absolute atomic E-state index is 5.41. The zero-order valence-electron chi connectivity index (χ0n) is 9.05. The molecule has 2 heteroatoms. The van der Waals surface area contributed by atoms with Gasteiger partial charge in [-0.3, -0.25) is 0 Å². The number of nitrogens with zero attached hydrogens (tertiary/aromatic N) is 1.